The minimum absolute atomic E-state index is 0.0542. The van der Waals surface area contributed by atoms with Gasteiger partial charge in [-0.15, -0.1) is 0 Å². The van der Waals surface area contributed by atoms with Crippen LogP contribution in [0.2, 0.25) is 0 Å². The molecular formula is C20H22N4O5. The second kappa shape index (κ2) is 7.06. The standard InChI is InChI=1S/C20H22N4O5/c25-17-12-28-20(27)24(17)13-7-10-22(11-8-13)18(26)15-5-3-9-23(15)19-21-14-4-1-2-6-16(14)29-19/h1-2,4,6,13,15H,3,5,7-12H2/t15-/m1/s1. The van der Waals surface area contributed by atoms with E-state index in [0.29, 0.717) is 37.5 Å². The van der Waals surface area contributed by atoms with Crippen LogP contribution in [0.5, 0.6) is 0 Å². The van der Waals surface area contributed by atoms with Crippen LogP contribution in [0, 0.1) is 0 Å². The van der Waals surface area contributed by atoms with Gasteiger partial charge in [0.2, 0.25) is 5.91 Å². The highest BCUT2D eigenvalue weighted by Gasteiger charge is 2.41. The maximum absolute atomic E-state index is 13.2. The number of rotatable bonds is 3. The molecule has 9 nitrogen and oxygen atoms in total. The van der Waals surface area contributed by atoms with E-state index in [9.17, 15) is 14.4 Å². The lowest BCUT2D eigenvalue weighted by Crippen LogP contribution is -2.52. The molecule has 3 aliphatic heterocycles. The maximum Gasteiger partial charge on any atom is 0.417 e. The van der Waals surface area contributed by atoms with Gasteiger partial charge in [-0.25, -0.2) is 9.69 Å². The molecule has 0 unspecified atom stereocenters. The van der Waals surface area contributed by atoms with Gasteiger partial charge in [-0.3, -0.25) is 9.59 Å². The summed E-state index contributed by atoms with van der Waals surface area (Å²) in [7, 11) is 0. The van der Waals surface area contributed by atoms with Crippen molar-refractivity contribution in [1.82, 2.24) is 14.8 Å². The van der Waals surface area contributed by atoms with Gasteiger partial charge in [0.15, 0.2) is 12.2 Å². The number of ether oxygens (including phenoxy) is 1. The third kappa shape index (κ3) is 3.10. The van der Waals surface area contributed by atoms with E-state index >= 15 is 0 Å². The number of carbonyl (C=O) groups excluding carboxylic acids is 3. The lowest BCUT2D eigenvalue weighted by molar-refractivity contribution is -0.134. The Bertz CT molecular complexity index is 916. The molecule has 152 valence electrons. The van der Waals surface area contributed by atoms with Crippen molar-refractivity contribution in [2.75, 3.05) is 31.1 Å². The van der Waals surface area contributed by atoms with E-state index in [0.717, 1.165) is 24.9 Å². The number of imide groups is 1. The van der Waals surface area contributed by atoms with Gasteiger partial charge < -0.3 is 19.0 Å². The summed E-state index contributed by atoms with van der Waals surface area (Å²) in [4.78, 5) is 46.4. The van der Waals surface area contributed by atoms with Crippen molar-refractivity contribution in [2.24, 2.45) is 0 Å². The Labute approximate surface area is 167 Å². The summed E-state index contributed by atoms with van der Waals surface area (Å²) in [6, 6.07) is 7.57. The molecule has 29 heavy (non-hydrogen) atoms. The molecular weight excluding hydrogens is 376 g/mol. The number of cyclic esters (lactones) is 1. The Morgan fingerprint density at radius 1 is 1.07 bits per heavy atom. The van der Waals surface area contributed by atoms with Crippen molar-refractivity contribution >= 4 is 35.0 Å². The average Bonchev–Trinajstić information content (AvgIpc) is 3.45. The molecule has 1 aromatic heterocycles. The van der Waals surface area contributed by atoms with Crippen molar-refractivity contribution in [3.8, 4) is 0 Å². The molecule has 0 N–H and O–H groups in total. The topological polar surface area (TPSA) is 96.2 Å². The molecule has 3 amide bonds. The van der Waals surface area contributed by atoms with Crippen LogP contribution < -0.4 is 4.90 Å². The average molecular weight is 398 g/mol. The Balaban J connectivity index is 1.27. The fraction of sp³-hybridized carbons (Fsp3) is 0.500. The van der Waals surface area contributed by atoms with Crippen molar-refractivity contribution < 1.29 is 23.5 Å². The van der Waals surface area contributed by atoms with E-state index in [1.54, 1.807) is 0 Å². The quantitative estimate of drug-likeness (QED) is 0.777. The predicted octanol–water partition coefficient (Wildman–Crippen LogP) is 1.77. The summed E-state index contributed by atoms with van der Waals surface area (Å²) in [5.41, 5.74) is 1.49. The molecule has 0 radical (unpaired) electrons. The van der Waals surface area contributed by atoms with E-state index in [-0.39, 0.29) is 30.5 Å². The first kappa shape index (κ1) is 18.0. The van der Waals surface area contributed by atoms with Crippen molar-refractivity contribution in [3.63, 3.8) is 0 Å². The molecule has 4 heterocycles. The number of fused-ring (bicyclic) bond motifs is 1. The number of hydrogen-bond acceptors (Lipinski definition) is 7. The first-order valence-corrected chi connectivity index (χ1v) is 10.0. The van der Waals surface area contributed by atoms with E-state index in [1.165, 1.54) is 4.90 Å². The second-order valence-electron chi connectivity index (χ2n) is 7.69. The van der Waals surface area contributed by atoms with Crippen LogP contribution in [0.3, 0.4) is 0 Å². The third-order valence-electron chi connectivity index (χ3n) is 5.99. The summed E-state index contributed by atoms with van der Waals surface area (Å²) in [6.45, 7) is 1.57. The van der Waals surface area contributed by atoms with Gasteiger partial charge in [0, 0.05) is 25.7 Å². The number of anilines is 1. The SMILES string of the molecule is O=C([C@H]1CCCN1c1nc2ccccc2o1)N1CCC(N2C(=O)COC2=O)CC1. The molecule has 0 spiro atoms. The van der Waals surface area contributed by atoms with Crippen LogP contribution in [0.25, 0.3) is 11.1 Å². The summed E-state index contributed by atoms with van der Waals surface area (Å²) < 4.78 is 10.7. The smallest absolute Gasteiger partial charge is 0.417 e. The first-order chi connectivity index (χ1) is 14.1. The zero-order valence-corrected chi connectivity index (χ0v) is 16.0. The Morgan fingerprint density at radius 3 is 2.59 bits per heavy atom. The van der Waals surface area contributed by atoms with Crippen LogP contribution in [0.1, 0.15) is 25.7 Å². The number of oxazole rings is 1. The molecule has 1 atom stereocenters. The number of aromatic nitrogens is 1. The summed E-state index contributed by atoms with van der Waals surface area (Å²) in [6.07, 6.45) is 2.23. The lowest BCUT2D eigenvalue weighted by atomic mass is 10.0. The van der Waals surface area contributed by atoms with E-state index in [4.69, 9.17) is 9.15 Å². The van der Waals surface area contributed by atoms with Gasteiger partial charge in [-0.1, -0.05) is 12.1 Å². The number of carbonyl (C=O) groups is 3. The zero-order valence-electron chi connectivity index (χ0n) is 16.0. The minimum atomic E-state index is -0.572. The van der Waals surface area contributed by atoms with Crippen LogP contribution in [0.15, 0.2) is 28.7 Å². The van der Waals surface area contributed by atoms with Crippen molar-refractivity contribution in [1.29, 1.82) is 0 Å². The number of amides is 3. The summed E-state index contributed by atoms with van der Waals surface area (Å²) >= 11 is 0. The van der Waals surface area contributed by atoms with Crippen LogP contribution in [-0.4, -0.2) is 71.0 Å². The van der Waals surface area contributed by atoms with Gasteiger partial charge >= 0.3 is 6.09 Å². The lowest BCUT2D eigenvalue weighted by Gasteiger charge is -2.37. The molecule has 3 saturated heterocycles. The maximum atomic E-state index is 13.2. The van der Waals surface area contributed by atoms with Crippen molar-refractivity contribution in [2.45, 2.75) is 37.8 Å². The molecule has 3 aliphatic rings. The Kier molecular flexibility index (Phi) is 4.37. The van der Waals surface area contributed by atoms with E-state index < -0.39 is 6.09 Å². The van der Waals surface area contributed by atoms with Gasteiger partial charge in [-0.2, -0.15) is 4.98 Å². The molecule has 1 aromatic carbocycles. The molecule has 9 heteroatoms. The van der Waals surface area contributed by atoms with Crippen molar-refractivity contribution in [3.05, 3.63) is 24.3 Å². The molecule has 5 rings (SSSR count). The zero-order chi connectivity index (χ0) is 20.0. The Hall–Kier alpha value is -3.10. The van der Waals surface area contributed by atoms with Gasteiger partial charge in [0.05, 0.1) is 0 Å². The Morgan fingerprint density at radius 2 is 1.86 bits per heavy atom. The van der Waals surface area contributed by atoms with Gasteiger partial charge in [-0.05, 0) is 37.8 Å². The molecule has 2 aromatic rings. The highest BCUT2D eigenvalue weighted by Crippen LogP contribution is 2.30. The molecule has 3 fully saturated rings. The number of likely N-dealkylation sites (tertiary alicyclic amines) is 1. The number of piperidine rings is 1. The third-order valence-corrected chi connectivity index (χ3v) is 5.99. The number of hydrogen-bond donors (Lipinski definition) is 0. The van der Waals surface area contributed by atoms with Gasteiger partial charge in [0.1, 0.15) is 11.6 Å². The number of benzene rings is 1. The summed E-state index contributed by atoms with van der Waals surface area (Å²) in [5.74, 6) is -0.240. The van der Waals surface area contributed by atoms with E-state index in [1.807, 2.05) is 34.1 Å². The monoisotopic (exact) mass is 398 g/mol. The van der Waals surface area contributed by atoms with Crippen LogP contribution in [0.4, 0.5) is 10.8 Å². The minimum Gasteiger partial charge on any atom is -0.439 e. The molecule has 0 bridgehead atoms. The highest BCUT2D eigenvalue weighted by atomic mass is 16.6. The summed E-state index contributed by atoms with van der Waals surface area (Å²) in [5, 5.41) is 0. The number of para-hydroxylation sites is 2. The van der Waals surface area contributed by atoms with Crippen LogP contribution in [-0.2, 0) is 14.3 Å². The number of nitrogens with zero attached hydrogens (tertiary/aromatic N) is 4. The highest BCUT2D eigenvalue weighted by molar-refractivity contribution is 5.98. The molecule has 0 saturated carbocycles. The van der Waals surface area contributed by atoms with E-state index in [2.05, 4.69) is 4.98 Å². The first-order valence-electron chi connectivity index (χ1n) is 10.0. The molecule has 0 aliphatic carbocycles. The normalized spacial score (nSPS) is 23.3. The fourth-order valence-electron chi connectivity index (χ4n) is 4.51. The van der Waals surface area contributed by atoms with Gasteiger partial charge in [0.25, 0.3) is 11.9 Å². The second-order valence-corrected chi connectivity index (χ2v) is 7.69. The fourth-order valence-corrected chi connectivity index (χ4v) is 4.51. The van der Waals surface area contributed by atoms with Crippen LogP contribution >= 0.6 is 0 Å². The largest absolute Gasteiger partial charge is 0.439 e. The predicted molar refractivity (Wildman–Crippen MR) is 102 cm³/mol.